The molecule has 0 spiro atoms. The Morgan fingerprint density at radius 2 is 2.06 bits per heavy atom. The van der Waals surface area contributed by atoms with Crippen molar-refractivity contribution in [1.82, 2.24) is 5.32 Å². The Bertz CT molecular complexity index is 331. The normalized spacial score (nSPS) is 11.5. The third kappa shape index (κ3) is 6.29. The first-order chi connectivity index (χ1) is 8.01. The van der Waals surface area contributed by atoms with Crippen molar-refractivity contribution in [3.8, 4) is 5.75 Å². The standard InChI is InChI=1S/C14H23NO2/c1-14(2,3)15-11-12-6-4-7-13(10-12)17-9-5-8-16/h4,6-7,10,15-16H,5,8-9,11H2,1-3H3. The second-order valence-electron chi connectivity index (χ2n) is 5.18. The van der Waals surface area contributed by atoms with E-state index in [-0.39, 0.29) is 12.1 Å². The molecule has 2 N–H and O–H groups in total. The summed E-state index contributed by atoms with van der Waals surface area (Å²) in [6.45, 7) is 8.01. The van der Waals surface area contributed by atoms with Gasteiger partial charge in [-0.1, -0.05) is 12.1 Å². The predicted octanol–water partition coefficient (Wildman–Crippen LogP) is 2.34. The first-order valence-electron chi connectivity index (χ1n) is 6.09. The first kappa shape index (κ1) is 14.0. The van der Waals surface area contributed by atoms with E-state index in [9.17, 15) is 0 Å². The second-order valence-corrected chi connectivity index (χ2v) is 5.18. The van der Waals surface area contributed by atoms with Crippen molar-refractivity contribution < 1.29 is 9.84 Å². The number of rotatable bonds is 6. The van der Waals surface area contributed by atoms with Gasteiger partial charge in [-0.3, -0.25) is 0 Å². The van der Waals surface area contributed by atoms with Crippen LogP contribution in [0, 0.1) is 0 Å². The van der Waals surface area contributed by atoms with Crippen molar-refractivity contribution >= 4 is 0 Å². The van der Waals surface area contributed by atoms with Crippen LogP contribution in [-0.4, -0.2) is 23.9 Å². The third-order valence-corrected chi connectivity index (χ3v) is 2.29. The van der Waals surface area contributed by atoms with Gasteiger partial charge in [0.25, 0.3) is 0 Å². The molecule has 0 amide bonds. The Morgan fingerprint density at radius 1 is 1.29 bits per heavy atom. The molecule has 0 saturated heterocycles. The summed E-state index contributed by atoms with van der Waals surface area (Å²) in [5.41, 5.74) is 1.33. The summed E-state index contributed by atoms with van der Waals surface area (Å²) < 4.78 is 5.53. The molecule has 0 aliphatic rings. The van der Waals surface area contributed by atoms with E-state index in [1.54, 1.807) is 0 Å². The Morgan fingerprint density at radius 3 is 2.71 bits per heavy atom. The Kier molecular flexibility index (Phi) is 5.45. The molecule has 0 fully saturated rings. The van der Waals surface area contributed by atoms with Crippen LogP contribution in [0.2, 0.25) is 0 Å². The lowest BCUT2D eigenvalue weighted by atomic mass is 10.1. The Balaban J connectivity index is 2.48. The summed E-state index contributed by atoms with van der Waals surface area (Å²) in [5.74, 6) is 0.867. The van der Waals surface area contributed by atoms with Gasteiger partial charge in [-0.25, -0.2) is 0 Å². The number of aliphatic hydroxyl groups excluding tert-OH is 1. The monoisotopic (exact) mass is 237 g/mol. The van der Waals surface area contributed by atoms with Crippen molar-refractivity contribution in [2.75, 3.05) is 13.2 Å². The van der Waals surface area contributed by atoms with E-state index in [1.807, 2.05) is 18.2 Å². The highest BCUT2D eigenvalue weighted by Crippen LogP contribution is 2.14. The molecule has 3 heteroatoms. The molecular weight excluding hydrogens is 214 g/mol. The first-order valence-corrected chi connectivity index (χ1v) is 6.09. The summed E-state index contributed by atoms with van der Waals surface area (Å²) >= 11 is 0. The number of aliphatic hydroxyl groups is 1. The highest BCUT2D eigenvalue weighted by Gasteiger charge is 2.08. The van der Waals surface area contributed by atoms with Crippen LogP contribution < -0.4 is 10.1 Å². The number of nitrogens with one attached hydrogen (secondary N) is 1. The Labute approximate surface area is 104 Å². The zero-order valence-corrected chi connectivity index (χ0v) is 11.0. The van der Waals surface area contributed by atoms with Gasteiger partial charge in [0, 0.05) is 25.1 Å². The van der Waals surface area contributed by atoms with Gasteiger partial charge in [-0.15, -0.1) is 0 Å². The maximum Gasteiger partial charge on any atom is 0.119 e. The minimum absolute atomic E-state index is 0.119. The van der Waals surface area contributed by atoms with Gasteiger partial charge in [-0.05, 0) is 38.5 Å². The van der Waals surface area contributed by atoms with Crippen molar-refractivity contribution in [3.63, 3.8) is 0 Å². The molecule has 1 aromatic carbocycles. The van der Waals surface area contributed by atoms with Crippen LogP contribution in [0.5, 0.6) is 5.75 Å². The second kappa shape index (κ2) is 6.62. The van der Waals surface area contributed by atoms with Gasteiger partial charge < -0.3 is 15.2 Å². The van der Waals surface area contributed by atoms with Crippen LogP contribution in [0.4, 0.5) is 0 Å². The molecule has 1 rings (SSSR count). The van der Waals surface area contributed by atoms with Gasteiger partial charge in [0.1, 0.15) is 5.75 Å². The molecule has 96 valence electrons. The number of hydrogen-bond donors (Lipinski definition) is 2. The molecule has 3 nitrogen and oxygen atoms in total. The van der Waals surface area contributed by atoms with Crippen LogP contribution in [0.15, 0.2) is 24.3 Å². The molecule has 1 aromatic rings. The van der Waals surface area contributed by atoms with E-state index in [2.05, 4.69) is 32.2 Å². The van der Waals surface area contributed by atoms with Gasteiger partial charge in [0.05, 0.1) is 6.61 Å². The third-order valence-electron chi connectivity index (χ3n) is 2.29. The number of benzene rings is 1. The largest absolute Gasteiger partial charge is 0.493 e. The van der Waals surface area contributed by atoms with Crippen LogP contribution in [0.25, 0.3) is 0 Å². The molecule has 0 heterocycles. The van der Waals surface area contributed by atoms with Crippen LogP contribution in [-0.2, 0) is 6.54 Å². The fourth-order valence-electron chi connectivity index (χ4n) is 1.37. The molecule has 0 unspecified atom stereocenters. The predicted molar refractivity (Wildman–Crippen MR) is 70.2 cm³/mol. The topological polar surface area (TPSA) is 41.5 Å². The Hall–Kier alpha value is -1.06. The summed E-state index contributed by atoms with van der Waals surface area (Å²) in [5, 5.41) is 12.1. The quantitative estimate of drug-likeness (QED) is 0.746. The average molecular weight is 237 g/mol. The fourth-order valence-corrected chi connectivity index (χ4v) is 1.37. The molecule has 0 bridgehead atoms. The highest BCUT2D eigenvalue weighted by atomic mass is 16.5. The van der Waals surface area contributed by atoms with Crippen LogP contribution in [0.3, 0.4) is 0 Å². The lowest BCUT2D eigenvalue weighted by Crippen LogP contribution is -2.35. The van der Waals surface area contributed by atoms with Gasteiger partial charge in [0.15, 0.2) is 0 Å². The van der Waals surface area contributed by atoms with E-state index in [1.165, 1.54) is 5.56 Å². The summed E-state index contributed by atoms with van der Waals surface area (Å²) in [4.78, 5) is 0. The van der Waals surface area contributed by atoms with E-state index in [0.29, 0.717) is 13.0 Å². The van der Waals surface area contributed by atoms with Crippen molar-refractivity contribution in [1.29, 1.82) is 0 Å². The smallest absolute Gasteiger partial charge is 0.119 e. The zero-order valence-electron chi connectivity index (χ0n) is 11.0. The summed E-state index contributed by atoms with van der Waals surface area (Å²) in [6.07, 6.45) is 0.671. The molecule has 0 aliphatic heterocycles. The lowest BCUT2D eigenvalue weighted by Gasteiger charge is -2.20. The van der Waals surface area contributed by atoms with E-state index < -0.39 is 0 Å². The molecule has 0 radical (unpaired) electrons. The molecule has 17 heavy (non-hydrogen) atoms. The molecule has 0 aromatic heterocycles. The zero-order chi connectivity index (χ0) is 12.7. The molecular formula is C14H23NO2. The van der Waals surface area contributed by atoms with Crippen molar-refractivity contribution in [2.24, 2.45) is 0 Å². The summed E-state index contributed by atoms with van der Waals surface area (Å²) in [6, 6.07) is 8.06. The van der Waals surface area contributed by atoms with E-state index >= 15 is 0 Å². The average Bonchev–Trinajstić information content (AvgIpc) is 2.27. The highest BCUT2D eigenvalue weighted by molar-refractivity contribution is 5.28. The fraction of sp³-hybridized carbons (Fsp3) is 0.571. The maximum absolute atomic E-state index is 8.68. The van der Waals surface area contributed by atoms with Crippen LogP contribution in [0.1, 0.15) is 32.8 Å². The van der Waals surface area contributed by atoms with Crippen molar-refractivity contribution in [3.05, 3.63) is 29.8 Å². The molecule has 0 aliphatic carbocycles. The SMILES string of the molecule is CC(C)(C)NCc1cccc(OCCCO)c1. The van der Waals surface area contributed by atoms with Gasteiger partial charge >= 0.3 is 0 Å². The van der Waals surface area contributed by atoms with E-state index in [4.69, 9.17) is 9.84 Å². The summed E-state index contributed by atoms with van der Waals surface area (Å²) in [7, 11) is 0. The number of ether oxygens (including phenoxy) is 1. The van der Waals surface area contributed by atoms with Gasteiger partial charge in [-0.2, -0.15) is 0 Å². The van der Waals surface area contributed by atoms with Crippen LogP contribution >= 0.6 is 0 Å². The maximum atomic E-state index is 8.68. The minimum Gasteiger partial charge on any atom is -0.493 e. The lowest BCUT2D eigenvalue weighted by molar-refractivity contribution is 0.233. The van der Waals surface area contributed by atoms with Crippen molar-refractivity contribution in [2.45, 2.75) is 39.3 Å². The minimum atomic E-state index is 0.119. The molecule has 0 saturated carbocycles. The molecule has 0 atom stereocenters. The van der Waals surface area contributed by atoms with E-state index in [0.717, 1.165) is 12.3 Å². The van der Waals surface area contributed by atoms with Gasteiger partial charge in [0.2, 0.25) is 0 Å². The number of hydrogen-bond acceptors (Lipinski definition) is 3.